The summed E-state index contributed by atoms with van der Waals surface area (Å²) in [6.07, 6.45) is 10.1. The summed E-state index contributed by atoms with van der Waals surface area (Å²) in [6.45, 7) is 0. The zero-order chi connectivity index (χ0) is 18.9. The van der Waals surface area contributed by atoms with Crippen molar-refractivity contribution in [2.75, 3.05) is 6.26 Å². The molecule has 0 bridgehead atoms. The third-order valence-corrected chi connectivity index (χ3v) is 6.35. The first-order valence-corrected chi connectivity index (χ1v) is 11.1. The second-order valence-corrected chi connectivity index (χ2v) is 9.65. The van der Waals surface area contributed by atoms with Crippen LogP contribution < -0.4 is 9.46 Å². The molecule has 2 aliphatic rings. The van der Waals surface area contributed by atoms with Gasteiger partial charge in [-0.05, 0) is 50.0 Å². The van der Waals surface area contributed by atoms with Crippen LogP contribution >= 0.6 is 11.6 Å². The van der Waals surface area contributed by atoms with Crippen molar-refractivity contribution in [3.63, 3.8) is 0 Å². The van der Waals surface area contributed by atoms with E-state index in [0.29, 0.717) is 5.41 Å². The standard InChI is InChI=1S/C18H23ClFNO4S/c1-26(23,24)21-17(22)13-10-14(19)16(11-15(13)20)25-12-4-8-18(9-5-12)6-2-3-7-18/h10-12H,2-9H2,1H3,(H,21,22). The Morgan fingerprint density at radius 3 is 2.42 bits per heavy atom. The van der Waals surface area contributed by atoms with Crippen LogP contribution in [0.25, 0.3) is 0 Å². The first-order valence-electron chi connectivity index (χ1n) is 8.85. The van der Waals surface area contributed by atoms with Crippen molar-refractivity contribution in [2.24, 2.45) is 5.41 Å². The molecule has 0 radical (unpaired) electrons. The number of hydrogen-bond acceptors (Lipinski definition) is 4. The maximum atomic E-state index is 14.3. The lowest BCUT2D eigenvalue weighted by Crippen LogP contribution is -2.31. The molecule has 1 amide bonds. The molecule has 0 aromatic heterocycles. The molecule has 3 rings (SSSR count). The molecule has 0 aliphatic heterocycles. The van der Waals surface area contributed by atoms with Crippen molar-refractivity contribution in [1.82, 2.24) is 4.72 Å². The van der Waals surface area contributed by atoms with E-state index >= 15 is 0 Å². The van der Waals surface area contributed by atoms with E-state index in [1.807, 2.05) is 0 Å². The average Bonchev–Trinajstić information content (AvgIpc) is 2.99. The molecule has 2 aliphatic carbocycles. The van der Waals surface area contributed by atoms with E-state index in [4.69, 9.17) is 16.3 Å². The quantitative estimate of drug-likeness (QED) is 0.823. The first kappa shape index (κ1) is 19.4. The summed E-state index contributed by atoms with van der Waals surface area (Å²) >= 11 is 6.14. The Balaban J connectivity index is 1.68. The molecule has 26 heavy (non-hydrogen) atoms. The number of carbonyl (C=O) groups is 1. The van der Waals surface area contributed by atoms with E-state index in [1.54, 1.807) is 4.72 Å². The lowest BCUT2D eigenvalue weighted by atomic mass is 9.72. The van der Waals surface area contributed by atoms with Crippen LogP contribution in [0.1, 0.15) is 61.7 Å². The van der Waals surface area contributed by atoms with Gasteiger partial charge in [-0.3, -0.25) is 4.79 Å². The highest BCUT2D eigenvalue weighted by atomic mass is 35.5. The largest absolute Gasteiger partial charge is 0.489 e. The van der Waals surface area contributed by atoms with Gasteiger partial charge in [0.25, 0.3) is 5.91 Å². The van der Waals surface area contributed by atoms with Crippen molar-refractivity contribution < 1.29 is 22.3 Å². The van der Waals surface area contributed by atoms with E-state index in [1.165, 1.54) is 25.7 Å². The summed E-state index contributed by atoms with van der Waals surface area (Å²) in [4.78, 5) is 11.8. The summed E-state index contributed by atoms with van der Waals surface area (Å²) < 4.78 is 44.1. The lowest BCUT2D eigenvalue weighted by Gasteiger charge is -2.37. The van der Waals surface area contributed by atoms with Crippen LogP contribution in [0.3, 0.4) is 0 Å². The highest BCUT2D eigenvalue weighted by molar-refractivity contribution is 7.89. The zero-order valence-electron chi connectivity index (χ0n) is 14.7. The molecular formula is C18H23ClFNO4S. The van der Waals surface area contributed by atoms with Gasteiger partial charge < -0.3 is 4.74 Å². The van der Waals surface area contributed by atoms with Gasteiger partial charge in [-0.2, -0.15) is 0 Å². The highest BCUT2D eigenvalue weighted by Crippen LogP contribution is 2.49. The summed E-state index contributed by atoms with van der Waals surface area (Å²) in [5.74, 6) is -1.74. The van der Waals surface area contributed by atoms with Gasteiger partial charge in [0.15, 0.2) is 0 Å². The SMILES string of the molecule is CS(=O)(=O)NC(=O)c1cc(Cl)c(OC2CCC3(CCCC3)CC2)cc1F. The lowest BCUT2D eigenvalue weighted by molar-refractivity contribution is 0.0822. The minimum atomic E-state index is -3.79. The molecule has 1 aromatic carbocycles. The van der Waals surface area contributed by atoms with Gasteiger partial charge in [-0.15, -0.1) is 0 Å². The van der Waals surface area contributed by atoms with Crippen molar-refractivity contribution in [3.8, 4) is 5.75 Å². The fraction of sp³-hybridized carbons (Fsp3) is 0.611. The number of halogens is 2. The van der Waals surface area contributed by atoms with E-state index in [2.05, 4.69) is 0 Å². The average molecular weight is 404 g/mol. The van der Waals surface area contributed by atoms with E-state index in [-0.39, 0.29) is 16.9 Å². The van der Waals surface area contributed by atoms with E-state index in [0.717, 1.165) is 44.1 Å². The van der Waals surface area contributed by atoms with Gasteiger partial charge in [0.05, 0.1) is 22.9 Å². The molecule has 0 saturated heterocycles. The van der Waals surface area contributed by atoms with Crippen molar-refractivity contribution in [2.45, 2.75) is 57.5 Å². The van der Waals surface area contributed by atoms with Crippen LogP contribution in [0.4, 0.5) is 4.39 Å². The second kappa shape index (κ2) is 7.35. The minimum Gasteiger partial charge on any atom is -0.489 e. The molecular weight excluding hydrogens is 381 g/mol. The first-order chi connectivity index (χ1) is 12.2. The molecule has 0 atom stereocenters. The normalized spacial score (nSPS) is 20.3. The van der Waals surface area contributed by atoms with Gasteiger partial charge in [0, 0.05) is 6.07 Å². The van der Waals surface area contributed by atoms with Gasteiger partial charge in [0.1, 0.15) is 11.6 Å². The van der Waals surface area contributed by atoms with Crippen LogP contribution in [0.15, 0.2) is 12.1 Å². The number of ether oxygens (including phenoxy) is 1. The smallest absolute Gasteiger partial charge is 0.267 e. The molecule has 144 valence electrons. The van der Waals surface area contributed by atoms with Crippen molar-refractivity contribution in [3.05, 3.63) is 28.5 Å². The molecule has 1 spiro atoms. The Hall–Kier alpha value is -1.34. The Bertz CT molecular complexity index is 796. The van der Waals surface area contributed by atoms with Crippen molar-refractivity contribution in [1.29, 1.82) is 0 Å². The Morgan fingerprint density at radius 1 is 1.23 bits per heavy atom. The molecule has 1 N–H and O–H groups in total. The second-order valence-electron chi connectivity index (χ2n) is 7.49. The summed E-state index contributed by atoms with van der Waals surface area (Å²) in [5, 5.41) is 0.0891. The molecule has 0 heterocycles. The number of benzene rings is 1. The number of carbonyl (C=O) groups excluding carboxylic acids is 1. The molecule has 0 unspecified atom stereocenters. The fourth-order valence-corrected chi connectivity index (χ4v) is 4.80. The Labute approximate surface area is 158 Å². The van der Waals surface area contributed by atoms with Crippen LogP contribution in [0, 0.1) is 11.2 Å². The summed E-state index contributed by atoms with van der Waals surface area (Å²) in [7, 11) is -3.79. The van der Waals surface area contributed by atoms with Gasteiger partial charge >= 0.3 is 0 Å². The van der Waals surface area contributed by atoms with Crippen LogP contribution in [0.5, 0.6) is 5.75 Å². The van der Waals surface area contributed by atoms with E-state index < -0.39 is 27.3 Å². The Kier molecular flexibility index (Phi) is 5.49. The highest BCUT2D eigenvalue weighted by Gasteiger charge is 2.38. The predicted octanol–water partition coefficient (Wildman–Crippen LogP) is 4.05. The van der Waals surface area contributed by atoms with E-state index in [9.17, 15) is 17.6 Å². The van der Waals surface area contributed by atoms with Crippen LogP contribution in [-0.4, -0.2) is 26.7 Å². The summed E-state index contributed by atoms with van der Waals surface area (Å²) in [5.41, 5.74) is 0.0454. The third kappa shape index (κ3) is 4.49. The molecule has 8 heteroatoms. The number of hydrogen-bond donors (Lipinski definition) is 1. The van der Waals surface area contributed by atoms with Gasteiger partial charge in [-0.25, -0.2) is 17.5 Å². The Morgan fingerprint density at radius 2 is 1.85 bits per heavy atom. The van der Waals surface area contributed by atoms with Crippen molar-refractivity contribution >= 4 is 27.5 Å². The fourth-order valence-electron chi connectivity index (χ4n) is 4.14. The van der Waals surface area contributed by atoms with Crippen LogP contribution in [-0.2, 0) is 10.0 Å². The summed E-state index contributed by atoms with van der Waals surface area (Å²) in [6, 6.07) is 2.16. The number of nitrogens with one attached hydrogen (secondary N) is 1. The zero-order valence-corrected chi connectivity index (χ0v) is 16.3. The van der Waals surface area contributed by atoms with Gasteiger partial charge in [0.2, 0.25) is 10.0 Å². The maximum absolute atomic E-state index is 14.3. The molecule has 5 nitrogen and oxygen atoms in total. The monoisotopic (exact) mass is 403 g/mol. The maximum Gasteiger partial charge on any atom is 0.267 e. The number of sulfonamides is 1. The number of rotatable bonds is 4. The minimum absolute atomic E-state index is 0.0196. The molecule has 2 fully saturated rings. The predicted molar refractivity (Wildman–Crippen MR) is 97.5 cm³/mol. The van der Waals surface area contributed by atoms with Crippen LogP contribution in [0.2, 0.25) is 5.02 Å². The molecule has 1 aromatic rings. The van der Waals surface area contributed by atoms with Gasteiger partial charge in [-0.1, -0.05) is 24.4 Å². The molecule has 2 saturated carbocycles. The number of amides is 1. The topological polar surface area (TPSA) is 72.5 Å². The third-order valence-electron chi connectivity index (χ3n) is 5.50.